The number of carboxylic acids is 1. The number of halogens is 2. The summed E-state index contributed by atoms with van der Waals surface area (Å²) in [5, 5.41) is 8.37. The number of carboxylic acid groups (broad SMARTS) is 1. The highest BCUT2D eigenvalue weighted by Gasteiger charge is 2.51. The summed E-state index contributed by atoms with van der Waals surface area (Å²) < 4.78 is 26.5. The second-order valence-electron chi connectivity index (χ2n) is 3.15. The van der Waals surface area contributed by atoms with Crippen LogP contribution in [0.15, 0.2) is 11.3 Å². The first-order chi connectivity index (χ1) is 6.41. The molecule has 0 bridgehead atoms. The third-order valence-corrected chi connectivity index (χ3v) is 2.09. The normalized spacial score (nSPS) is 18.7. The van der Waals surface area contributed by atoms with Gasteiger partial charge in [0, 0.05) is 5.92 Å². The number of aliphatic carboxylic acids is 1. The lowest BCUT2D eigenvalue weighted by atomic mass is 10.0. The fourth-order valence-electron chi connectivity index (χ4n) is 1.10. The molecule has 0 aromatic carbocycles. The van der Waals surface area contributed by atoms with Crippen molar-refractivity contribution in [2.75, 3.05) is 0 Å². The van der Waals surface area contributed by atoms with E-state index in [0.29, 0.717) is 0 Å². The van der Waals surface area contributed by atoms with Gasteiger partial charge in [-0.3, -0.25) is 4.79 Å². The monoisotopic (exact) mass is 205 g/mol. The summed E-state index contributed by atoms with van der Waals surface area (Å²) in [6.07, 6.45) is 0.399. The van der Waals surface area contributed by atoms with Crippen LogP contribution < -0.4 is 5.73 Å². The van der Waals surface area contributed by atoms with Gasteiger partial charge in [0.2, 0.25) is 0 Å². The Balaban J connectivity index is 3.06. The molecule has 0 aliphatic heterocycles. The van der Waals surface area contributed by atoms with Crippen LogP contribution in [-0.4, -0.2) is 23.3 Å². The molecule has 6 heteroatoms. The van der Waals surface area contributed by atoms with Crippen molar-refractivity contribution >= 4 is 12.3 Å². The summed E-state index contributed by atoms with van der Waals surface area (Å²) in [4.78, 5) is 20.7. The van der Waals surface area contributed by atoms with Crippen LogP contribution in [0.4, 0.5) is 8.78 Å². The van der Waals surface area contributed by atoms with Crippen molar-refractivity contribution < 1.29 is 23.5 Å². The third-order valence-electron chi connectivity index (χ3n) is 2.09. The van der Waals surface area contributed by atoms with Crippen LogP contribution in [0, 0.1) is 5.92 Å². The van der Waals surface area contributed by atoms with Crippen LogP contribution >= 0.6 is 0 Å². The zero-order chi connectivity index (χ0) is 10.9. The fraction of sp³-hybridized carbons (Fsp3) is 0.500. The van der Waals surface area contributed by atoms with Gasteiger partial charge in [0.05, 0.1) is 5.57 Å². The molecule has 0 radical (unpaired) electrons. The first-order valence-electron chi connectivity index (χ1n) is 3.97. The molecule has 1 fully saturated rings. The van der Waals surface area contributed by atoms with Crippen LogP contribution in [0.2, 0.25) is 0 Å². The Bertz CT molecular complexity index is 308. The van der Waals surface area contributed by atoms with Crippen LogP contribution in [0.25, 0.3) is 0 Å². The highest BCUT2D eigenvalue weighted by molar-refractivity contribution is 5.94. The minimum atomic E-state index is -3.41. The maximum atomic E-state index is 13.3. The quantitative estimate of drug-likeness (QED) is 0.518. The topological polar surface area (TPSA) is 80.4 Å². The predicted molar refractivity (Wildman–Crippen MR) is 42.6 cm³/mol. The molecule has 1 saturated carbocycles. The molecule has 3 N–H and O–H groups in total. The summed E-state index contributed by atoms with van der Waals surface area (Å²) >= 11 is 0. The van der Waals surface area contributed by atoms with E-state index in [2.05, 4.69) is 0 Å². The Morgan fingerprint density at radius 2 is 2.00 bits per heavy atom. The lowest BCUT2D eigenvalue weighted by Gasteiger charge is -2.15. The Morgan fingerprint density at radius 3 is 2.29 bits per heavy atom. The highest BCUT2D eigenvalue weighted by atomic mass is 19.3. The molecule has 4 nitrogen and oxygen atoms in total. The fourth-order valence-corrected chi connectivity index (χ4v) is 1.10. The molecule has 78 valence electrons. The predicted octanol–water partition coefficient (Wildman–Crippen LogP) is 0.528. The largest absolute Gasteiger partial charge is 0.477 e. The van der Waals surface area contributed by atoms with Gasteiger partial charge in [0.25, 0.3) is 5.92 Å². The third kappa shape index (κ3) is 1.73. The Labute approximate surface area is 78.4 Å². The Morgan fingerprint density at radius 1 is 1.50 bits per heavy atom. The summed E-state index contributed by atoms with van der Waals surface area (Å²) in [7, 11) is 0. The number of hydrogen-bond donors (Lipinski definition) is 2. The maximum absolute atomic E-state index is 13.3. The molecule has 0 aromatic rings. The maximum Gasteiger partial charge on any atom is 0.352 e. The van der Waals surface area contributed by atoms with Gasteiger partial charge in [-0.1, -0.05) is 0 Å². The lowest BCUT2D eigenvalue weighted by Crippen LogP contribution is -2.29. The van der Waals surface area contributed by atoms with Gasteiger partial charge in [-0.05, 0) is 12.8 Å². The van der Waals surface area contributed by atoms with E-state index in [9.17, 15) is 18.4 Å². The van der Waals surface area contributed by atoms with E-state index < -0.39 is 29.1 Å². The van der Waals surface area contributed by atoms with Crippen LogP contribution in [0.1, 0.15) is 12.8 Å². The van der Waals surface area contributed by atoms with Gasteiger partial charge in [-0.25, -0.2) is 13.6 Å². The first-order valence-corrected chi connectivity index (χ1v) is 3.97. The van der Waals surface area contributed by atoms with Crippen molar-refractivity contribution in [3.05, 3.63) is 11.3 Å². The van der Waals surface area contributed by atoms with Crippen molar-refractivity contribution in [2.24, 2.45) is 11.7 Å². The number of aldehydes is 1. The van der Waals surface area contributed by atoms with Crippen LogP contribution in [0.3, 0.4) is 0 Å². The smallest absolute Gasteiger partial charge is 0.352 e. The molecule has 1 rings (SSSR count). The second kappa shape index (κ2) is 3.36. The van der Waals surface area contributed by atoms with Gasteiger partial charge in [-0.2, -0.15) is 0 Å². The minimum absolute atomic E-state index is 0.179. The number of hydrogen-bond acceptors (Lipinski definition) is 3. The summed E-state index contributed by atoms with van der Waals surface area (Å²) in [5.41, 5.74) is 2.70. The van der Waals surface area contributed by atoms with E-state index in [0.717, 1.165) is 0 Å². The zero-order valence-corrected chi connectivity index (χ0v) is 7.17. The van der Waals surface area contributed by atoms with E-state index in [1.807, 2.05) is 0 Å². The molecular formula is C8H9F2NO3. The molecule has 0 saturated heterocycles. The van der Waals surface area contributed by atoms with E-state index in [4.69, 9.17) is 10.8 Å². The molecule has 0 atom stereocenters. The summed E-state index contributed by atoms with van der Waals surface area (Å²) in [5.74, 6) is -6.06. The van der Waals surface area contributed by atoms with Crippen molar-refractivity contribution in [1.82, 2.24) is 0 Å². The number of alkyl halides is 2. The number of allylic oxidation sites excluding steroid dienone is 1. The van der Waals surface area contributed by atoms with Crippen molar-refractivity contribution in [1.29, 1.82) is 0 Å². The van der Waals surface area contributed by atoms with Crippen LogP contribution in [-0.2, 0) is 9.59 Å². The molecule has 0 unspecified atom stereocenters. The van der Waals surface area contributed by atoms with Gasteiger partial charge in [0.15, 0.2) is 6.29 Å². The standard InChI is InChI=1S/C8H9F2NO3/c9-8(10,4-1-2-4)5(3-12)6(11)7(13)14/h3-4H,1-2,11H2,(H,13,14)/b6-5+. The number of rotatable bonds is 4. The van der Waals surface area contributed by atoms with Crippen molar-refractivity contribution in [3.63, 3.8) is 0 Å². The van der Waals surface area contributed by atoms with Gasteiger partial charge in [-0.15, -0.1) is 0 Å². The average Bonchev–Trinajstić information content (AvgIpc) is 2.86. The van der Waals surface area contributed by atoms with Gasteiger partial charge in [0.1, 0.15) is 5.70 Å². The van der Waals surface area contributed by atoms with E-state index in [-0.39, 0.29) is 19.1 Å². The van der Waals surface area contributed by atoms with E-state index >= 15 is 0 Å². The van der Waals surface area contributed by atoms with Crippen molar-refractivity contribution in [2.45, 2.75) is 18.8 Å². The van der Waals surface area contributed by atoms with E-state index in [1.165, 1.54) is 0 Å². The van der Waals surface area contributed by atoms with Gasteiger partial charge < -0.3 is 10.8 Å². The molecular weight excluding hydrogens is 196 g/mol. The minimum Gasteiger partial charge on any atom is -0.477 e. The lowest BCUT2D eigenvalue weighted by molar-refractivity contribution is -0.133. The molecule has 0 amide bonds. The molecule has 0 aromatic heterocycles. The van der Waals surface area contributed by atoms with Crippen molar-refractivity contribution in [3.8, 4) is 0 Å². The summed E-state index contributed by atoms with van der Waals surface area (Å²) in [6.45, 7) is 0. The molecule has 0 spiro atoms. The van der Waals surface area contributed by atoms with Crippen LogP contribution in [0.5, 0.6) is 0 Å². The highest BCUT2D eigenvalue weighted by Crippen LogP contribution is 2.47. The average molecular weight is 205 g/mol. The Hall–Kier alpha value is -1.46. The number of nitrogens with two attached hydrogens (primary N) is 1. The first kappa shape index (κ1) is 10.6. The molecule has 14 heavy (non-hydrogen) atoms. The summed E-state index contributed by atoms with van der Waals surface area (Å²) in [6, 6.07) is 0. The Kier molecular flexibility index (Phi) is 2.55. The number of carbonyl (C=O) groups is 2. The SMILES string of the molecule is N/C(C(=O)O)=C(\C=O)C(F)(F)C1CC1. The zero-order valence-electron chi connectivity index (χ0n) is 7.17. The van der Waals surface area contributed by atoms with E-state index in [1.54, 1.807) is 0 Å². The number of carbonyl (C=O) groups excluding carboxylic acids is 1. The van der Waals surface area contributed by atoms with Gasteiger partial charge >= 0.3 is 5.97 Å². The second-order valence-corrected chi connectivity index (χ2v) is 3.15. The molecule has 1 aliphatic rings. The molecule has 1 aliphatic carbocycles. The molecule has 0 heterocycles.